The summed E-state index contributed by atoms with van der Waals surface area (Å²) < 4.78 is 7.88. The lowest BCUT2D eigenvalue weighted by Gasteiger charge is -2.09. The lowest BCUT2D eigenvalue weighted by atomic mass is 10.1. The molecule has 0 bridgehead atoms. The molecule has 0 spiro atoms. The van der Waals surface area contributed by atoms with Gasteiger partial charge in [0.15, 0.2) is 11.0 Å². The molecule has 178 valence electrons. The number of amides is 2. The number of nitrogens with one attached hydrogen (secondary N) is 1. The number of nitrogens with zero attached hydrogens (tertiary/aromatic N) is 3. The van der Waals surface area contributed by atoms with Crippen LogP contribution >= 0.6 is 39.0 Å². The molecule has 3 rings (SSSR count). The van der Waals surface area contributed by atoms with Crippen LogP contribution in [0.3, 0.4) is 0 Å². The number of thiophene rings is 1. The summed E-state index contributed by atoms with van der Waals surface area (Å²) >= 11 is 5.55. The normalized spacial score (nSPS) is 10.7. The molecule has 0 radical (unpaired) electrons. The summed E-state index contributed by atoms with van der Waals surface area (Å²) in [6.07, 6.45) is 1.72. The molecule has 0 aliphatic carbocycles. The third-order valence-corrected chi connectivity index (χ3v) is 7.28. The van der Waals surface area contributed by atoms with Gasteiger partial charge in [0.05, 0.1) is 22.8 Å². The summed E-state index contributed by atoms with van der Waals surface area (Å²) in [5, 5.41) is 12.0. The number of halogens is 1. The van der Waals surface area contributed by atoms with Crippen molar-refractivity contribution in [3.63, 3.8) is 0 Å². The fourth-order valence-electron chi connectivity index (χ4n) is 3.08. The summed E-state index contributed by atoms with van der Waals surface area (Å²) in [5.74, 6) is -1.04. The Morgan fingerprint density at radius 3 is 2.62 bits per heavy atom. The van der Waals surface area contributed by atoms with Crippen LogP contribution < -0.4 is 11.1 Å². The summed E-state index contributed by atoms with van der Waals surface area (Å²) in [6, 6.07) is 7.66. The number of rotatable bonds is 10. The maximum atomic E-state index is 12.7. The molecule has 2 amide bonds. The van der Waals surface area contributed by atoms with Crippen molar-refractivity contribution in [1.82, 2.24) is 14.8 Å². The Morgan fingerprint density at radius 2 is 2.00 bits per heavy atom. The minimum Gasteiger partial charge on any atom is -0.462 e. The van der Waals surface area contributed by atoms with Crippen LogP contribution in [0.1, 0.15) is 32.5 Å². The zero-order valence-electron chi connectivity index (χ0n) is 18.5. The third kappa shape index (κ3) is 5.75. The molecule has 2 heterocycles. The zero-order chi connectivity index (χ0) is 24.8. The lowest BCUT2D eigenvalue weighted by Crippen LogP contribution is -2.17. The van der Waals surface area contributed by atoms with E-state index in [0.717, 1.165) is 21.4 Å². The van der Waals surface area contributed by atoms with Crippen LogP contribution in [0.5, 0.6) is 0 Å². The zero-order valence-corrected chi connectivity index (χ0v) is 21.7. The van der Waals surface area contributed by atoms with Crippen molar-refractivity contribution in [3.8, 4) is 11.4 Å². The van der Waals surface area contributed by atoms with Gasteiger partial charge in [0, 0.05) is 16.6 Å². The minimum absolute atomic E-state index is 0.000726. The molecule has 2 aromatic heterocycles. The molecule has 3 N–H and O–H groups in total. The van der Waals surface area contributed by atoms with Crippen LogP contribution in [0.15, 0.2) is 46.5 Å². The lowest BCUT2D eigenvalue weighted by molar-refractivity contribution is -0.113. The monoisotopic (exact) mass is 563 g/mol. The number of carbonyl (C=O) groups excluding carboxylic acids is 3. The Morgan fingerprint density at radius 1 is 1.29 bits per heavy atom. The molecule has 0 unspecified atom stereocenters. The molecule has 0 saturated carbocycles. The summed E-state index contributed by atoms with van der Waals surface area (Å²) in [5.41, 5.74) is 6.80. The van der Waals surface area contributed by atoms with E-state index in [-0.39, 0.29) is 33.7 Å². The molecule has 0 aliphatic rings. The Labute approximate surface area is 212 Å². The summed E-state index contributed by atoms with van der Waals surface area (Å²) in [7, 11) is 0. The van der Waals surface area contributed by atoms with Crippen LogP contribution in [0.2, 0.25) is 0 Å². The smallest absolute Gasteiger partial charge is 0.341 e. The topological polar surface area (TPSA) is 129 Å². The Hall–Kier alpha value is -2.96. The number of allylic oxidation sites excluding steroid dienone is 1. The van der Waals surface area contributed by atoms with E-state index in [0.29, 0.717) is 23.1 Å². The van der Waals surface area contributed by atoms with E-state index < -0.39 is 11.9 Å². The highest BCUT2D eigenvalue weighted by molar-refractivity contribution is 9.10. The highest BCUT2D eigenvalue weighted by atomic mass is 79.9. The first-order chi connectivity index (χ1) is 16.3. The fourth-order valence-corrected chi connectivity index (χ4v) is 5.16. The second kappa shape index (κ2) is 11.4. The number of hydrogen-bond donors (Lipinski definition) is 2. The standard InChI is InChI=1S/C22H22BrN5O4S2/c1-4-10-28-19(13-6-8-14(23)9-7-13)26-27-22(28)33-11-15(29)25-20-16(21(31)32-5-2)12(3)17(34-20)18(24)30/h4,6-9H,1,5,10-11H2,2-3H3,(H2,24,30)(H,25,29). The number of carbonyl (C=O) groups is 3. The molecule has 34 heavy (non-hydrogen) atoms. The van der Waals surface area contributed by atoms with Gasteiger partial charge in [0.25, 0.3) is 5.91 Å². The second-order valence-corrected chi connectivity index (χ2v) is 9.77. The van der Waals surface area contributed by atoms with Crippen molar-refractivity contribution >= 4 is 61.8 Å². The van der Waals surface area contributed by atoms with Crippen LogP contribution in [-0.2, 0) is 16.1 Å². The molecule has 0 atom stereocenters. The largest absolute Gasteiger partial charge is 0.462 e. The Bertz CT molecular complexity index is 1240. The van der Waals surface area contributed by atoms with Crippen LogP contribution in [0.25, 0.3) is 11.4 Å². The fraction of sp³-hybridized carbons (Fsp3) is 0.227. The van der Waals surface area contributed by atoms with E-state index in [2.05, 4.69) is 38.0 Å². The molecule has 9 nitrogen and oxygen atoms in total. The van der Waals surface area contributed by atoms with Crippen molar-refractivity contribution < 1.29 is 19.1 Å². The number of thioether (sulfide) groups is 1. The first-order valence-corrected chi connectivity index (χ1v) is 12.7. The van der Waals surface area contributed by atoms with Gasteiger partial charge in [-0.25, -0.2) is 4.79 Å². The van der Waals surface area contributed by atoms with Gasteiger partial charge in [-0.15, -0.1) is 28.1 Å². The first-order valence-electron chi connectivity index (χ1n) is 10.1. The first kappa shape index (κ1) is 25.7. The van der Waals surface area contributed by atoms with Crippen LogP contribution in [0, 0.1) is 6.92 Å². The van der Waals surface area contributed by atoms with Crippen molar-refractivity contribution in [2.24, 2.45) is 5.73 Å². The summed E-state index contributed by atoms with van der Waals surface area (Å²) in [4.78, 5) is 37.0. The SMILES string of the molecule is C=CCn1c(SCC(=O)Nc2sc(C(N)=O)c(C)c2C(=O)OCC)nnc1-c1ccc(Br)cc1. The van der Waals surface area contributed by atoms with Gasteiger partial charge in [-0.2, -0.15) is 0 Å². The van der Waals surface area contributed by atoms with E-state index in [1.807, 2.05) is 28.8 Å². The van der Waals surface area contributed by atoms with E-state index in [9.17, 15) is 14.4 Å². The van der Waals surface area contributed by atoms with Gasteiger partial charge in [-0.3, -0.25) is 14.2 Å². The molecule has 12 heteroatoms. The summed E-state index contributed by atoms with van der Waals surface area (Å²) in [6.45, 7) is 7.67. The van der Waals surface area contributed by atoms with Gasteiger partial charge in [-0.05, 0) is 31.5 Å². The average Bonchev–Trinajstić information content (AvgIpc) is 3.34. The van der Waals surface area contributed by atoms with E-state index >= 15 is 0 Å². The highest BCUT2D eigenvalue weighted by Gasteiger charge is 2.26. The third-order valence-electron chi connectivity index (χ3n) is 4.57. The van der Waals surface area contributed by atoms with Gasteiger partial charge in [-0.1, -0.05) is 45.9 Å². The predicted molar refractivity (Wildman–Crippen MR) is 136 cm³/mol. The number of primary amides is 1. The van der Waals surface area contributed by atoms with E-state index in [1.54, 1.807) is 19.9 Å². The number of esters is 1. The molecular formula is C22H22BrN5O4S2. The molecule has 3 aromatic rings. The van der Waals surface area contributed by atoms with Crippen molar-refractivity contribution in [1.29, 1.82) is 0 Å². The highest BCUT2D eigenvalue weighted by Crippen LogP contribution is 2.34. The molecule has 1 aromatic carbocycles. The number of benzene rings is 1. The van der Waals surface area contributed by atoms with Gasteiger partial charge < -0.3 is 15.8 Å². The molecule has 0 fully saturated rings. The van der Waals surface area contributed by atoms with E-state index in [4.69, 9.17) is 10.5 Å². The van der Waals surface area contributed by atoms with Crippen LogP contribution in [0.4, 0.5) is 5.00 Å². The number of nitrogens with two attached hydrogens (primary N) is 1. The quantitative estimate of drug-likeness (QED) is 0.214. The second-order valence-electron chi connectivity index (χ2n) is 6.89. The average molecular weight is 564 g/mol. The maximum Gasteiger partial charge on any atom is 0.341 e. The minimum atomic E-state index is -0.680. The maximum absolute atomic E-state index is 12.7. The molecule has 0 saturated heterocycles. The van der Waals surface area contributed by atoms with Crippen molar-refractivity contribution in [3.05, 3.63) is 57.4 Å². The number of anilines is 1. The number of hydrogen-bond acceptors (Lipinski definition) is 8. The van der Waals surface area contributed by atoms with Gasteiger partial charge >= 0.3 is 5.97 Å². The molecular weight excluding hydrogens is 542 g/mol. The van der Waals surface area contributed by atoms with E-state index in [1.165, 1.54) is 11.8 Å². The predicted octanol–water partition coefficient (Wildman–Crippen LogP) is 4.27. The van der Waals surface area contributed by atoms with Crippen molar-refractivity contribution in [2.75, 3.05) is 17.7 Å². The number of aromatic nitrogens is 3. The Balaban J connectivity index is 1.79. The number of ether oxygens (including phenoxy) is 1. The Kier molecular flexibility index (Phi) is 8.64. The van der Waals surface area contributed by atoms with Gasteiger partial charge in [0.2, 0.25) is 5.91 Å². The molecule has 0 aliphatic heterocycles. The van der Waals surface area contributed by atoms with Crippen LogP contribution in [-0.4, -0.2) is 44.9 Å². The van der Waals surface area contributed by atoms with Gasteiger partial charge in [0.1, 0.15) is 5.00 Å². The van der Waals surface area contributed by atoms with Crippen molar-refractivity contribution in [2.45, 2.75) is 25.5 Å².